The number of aromatic nitrogens is 1. The Morgan fingerprint density at radius 3 is 2.71 bits per heavy atom. The molecule has 0 unspecified atom stereocenters. The maximum atomic E-state index is 12.6. The normalized spacial score (nSPS) is 16.4. The van der Waals surface area contributed by atoms with Gasteiger partial charge in [-0.2, -0.15) is 5.26 Å². The summed E-state index contributed by atoms with van der Waals surface area (Å²) >= 11 is 1.41. The fourth-order valence-corrected chi connectivity index (χ4v) is 4.02. The number of benzene rings is 1. The first-order valence-corrected chi connectivity index (χ1v) is 9.18. The van der Waals surface area contributed by atoms with Gasteiger partial charge in [0.05, 0.1) is 11.8 Å². The molecule has 3 rings (SSSR count). The number of hydrogen-bond donors (Lipinski definition) is 1. The summed E-state index contributed by atoms with van der Waals surface area (Å²) in [6.07, 6.45) is 4.26. The van der Waals surface area contributed by atoms with Crippen LogP contribution in [0.15, 0.2) is 23.6 Å². The molecule has 1 saturated carbocycles. The number of amides is 1. The molecule has 1 fully saturated rings. The fourth-order valence-electron chi connectivity index (χ4n) is 3.32. The van der Waals surface area contributed by atoms with Crippen molar-refractivity contribution < 1.29 is 4.79 Å². The molecule has 0 radical (unpaired) electrons. The molecular weight excluding hydrogens is 318 g/mol. The number of anilines is 1. The van der Waals surface area contributed by atoms with Gasteiger partial charge in [-0.15, -0.1) is 11.3 Å². The predicted octanol–water partition coefficient (Wildman–Crippen LogP) is 4.84. The summed E-state index contributed by atoms with van der Waals surface area (Å²) in [6.45, 7) is 4.13. The number of nitrogens with one attached hydrogen (secondary N) is 1. The Balaban J connectivity index is 1.79. The number of rotatable bonds is 3. The van der Waals surface area contributed by atoms with Crippen molar-refractivity contribution in [2.24, 2.45) is 5.41 Å². The zero-order chi connectivity index (χ0) is 17.2. The average Bonchev–Trinajstić information content (AvgIpc) is 3.03. The van der Waals surface area contributed by atoms with Gasteiger partial charge in [0.2, 0.25) is 5.91 Å². The number of aryl methyl sites for hydroxylation is 2. The van der Waals surface area contributed by atoms with Crippen LogP contribution in [-0.2, 0) is 4.79 Å². The molecule has 1 aromatic carbocycles. The van der Waals surface area contributed by atoms with Crippen LogP contribution in [0.5, 0.6) is 0 Å². The zero-order valence-electron chi connectivity index (χ0n) is 14.1. The van der Waals surface area contributed by atoms with Gasteiger partial charge >= 0.3 is 0 Å². The number of carbonyl (C=O) groups excluding carboxylic acids is 1. The third-order valence-electron chi connectivity index (χ3n) is 4.74. The molecule has 0 saturated heterocycles. The van der Waals surface area contributed by atoms with Crippen LogP contribution in [0.3, 0.4) is 0 Å². The van der Waals surface area contributed by atoms with E-state index in [-0.39, 0.29) is 5.91 Å². The van der Waals surface area contributed by atoms with Crippen LogP contribution in [0, 0.1) is 30.6 Å². The van der Waals surface area contributed by atoms with Crippen molar-refractivity contribution in [1.82, 2.24) is 4.98 Å². The molecule has 1 aromatic heterocycles. The van der Waals surface area contributed by atoms with E-state index in [1.165, 1.54) is 22.5 Å². The monoisotopic (exact) mass is 339 g/mol. The maximum absolute atomic E-state index is 12.6. The quantitative estimate of drug-likeness (QED) is 0.870. The molecule has 1 aliphatic rings. The molecular formula is C19H21N3OS. The van der Waals surface area contributed by atoms with Crippen molar-refractivity contribution in [3.63, 3.8) is 0 Å². The number of carbonyl (C=O) groups is 1. The Labute approximate surface area is 146 Å². The molecule has 1 aliphatic carbocycles. The maximum Gasteiger partial charge on any atom is 0.246 e. The van der Waals surface area contributed by atoms with Gasteiger partial charge in [-0.1, -0.05) is 43.0 Å². The molecule has 124 valence electrons. The second-order valence-electron chi connectivity index (χ2n) is 6.56. The SMILES string of the molecule is Cc1ccc(-c2csc(NC(=O)C3(C#N)CCCCC3)n2)c(C)c1. The van der Waals surface area contributed by atoms with E-state index < -0.39 is 5.41 Å². The number of hydrogen-bond acceptors (Lipinski definition) is 4. The van der Waals surface area contributed by atoms with E-state index in [0.29, 0.717) is 18.0 Å². The fraction of sp³-hybridized carbons (Fsp3) is 0.421. The van der Waals surface area contributed by atoms with Crippen molar-refractivity contribution >= 4 is 22.4 Å². The summed E-state index contributed by atoms with van der Waals surface area (Å²) < 4.78 is 0. The van der Waals surface area contributed by atoms with Crippen LogP contribution in [0.25, 0.3) is 11.3 Å². The zero-order valence-corrected chi connectivity index (χ0v) is 14.9. The molecule has 1 N–H and O–H groups in total. The number of thiazole rings is 1. The van der Waals surface area contributed by atoms with E-state index in [0.717, 1.165) is 30.5 Å². The lowest BCUT2D eigenvalue weighted by Gasteiger charge is -2.28. The lowest BCUT2D eigenvalue weighted by Crippen LogP contribution is -2.36. The molecule has 5 heteroatoms. The lowest BCUT2D eigenvalue weighted by atomic mass is 9.74. The average molecular weight is 339 g/mol. The van der Waals surface area contributed by atoms with Gasteiger partial charge in [-0.25, -0.2) is 4.98 Å². The lowest BCUT2D eigenvalue weighted by molar-refractivity contribution is -0.124. The first-order chi connectivity index (χ1) is 11.5. The highest BCUT2D eigenvalue weighted by molar-refractivity contribution is 7.14. The van der Waals surface area contributed by atoms with Crippen molar-refractivity contribution in [1.29, 1.82) is 5.26 Å². The van der Waals surface area contributed by atoms with Gasteiger partial charge in [-0.3, -0.25) is 4.79 Å². The van der Waals surface area contributed by atoms with E-state index in [9.17, 15) is 10.1 Å². The van der Waals surface area contributed by atoms with Crippen LogP contribution in [0.1, 0.15) is 43.2 Å². The standard InChI is InChI=1S/C19H21N3OS/c1-13-6-7-15(14(2)10-13)16-11-24-18(21-16)22-17(23)19(12-20)8-4-3-5-9-19/h6-7,10-11H,3-5,8-9H2,1-2H3,(H,21,22,23). The number of nitrogens with zero attached hydrogens (tertiary/aromatic N) is 2. The molecule has 0 bridgehead atoms. The van der Waals surface area contributed by atoms with Crippen molar-refractivity contribution in [2.45, 2.75) is 46.0 Å². The van der Waals surface area contributed by atoms with Gasteiger partial charge in [-0.05, 0) is 32.3 Å². The molecule has 2 aromatic rings. The predicted molar refractivity (Wildman–Crippen MR) is 96.8 cm³/mol. The highest BCUT2D eigenvalue weighted by atomic mass is 32.1. The highest BCUT2D eigenvalue weighted by Crippen LogP contribution is 2.37. The molecule has 0 atom stereocenters. The summed E-state index contributed by atoms with van der Waals surface area (Å²) in [6, 6.07) is 8.50. The molecule has 4 nitrogen and oxygen atoms in total. The Morgan fingerprint density at radius 2 is 2.04 bits per heavy atom. The van der Waals surface area contributed by atoms with Crippen molar-refractivity contribution in [3.8, 4) is 17.3 Å². The number of nitriles is 1. The van der Waals surface area contributed by atoms with Gasteiger partial charge in [0.1, 0.15) is 5.41 Å². The molecule has 24 heavy (non-hydrogen) atoms. The minimum absolute atomic E-state index is 0.203. The second kappa shape index (κ2) is 6.74. The second-order valence-corrected chi connectivity index (χ2v) is 7.42. The van der Waals surface area contributed by atoms with E-state index in [1.807, 2.05) is 5.38 Å². The summed E-state index contributed by atoms with van der Waals surface area (Å²) in [5.41, 5.74) is 3.43. The van der Waals surface area contributed by atoms with E-state index in [1.54, 1.807) is 0 Å². The highest BCUT2D eigenvalue weighted by Gasteiger charge is 2.40. The molecule has 1 heterocycles. The molecule has 0 aliphatic heterocycles. The third-order valence-corrected chi connectivity index (χ3v) is 5.50. The minimum Gasteiger partial charge on any atom is -0.301 e. The molecule has 0 spiro atoms. The van der Waals surface area contributed by atoms with Gasteiger partial charge in [0, 0.05) is 10.9 Å². The van der Waals surface area contributed by atoms with E-state index in [2.05, 4.69) is 48.4 Å². The molecule has 1 amide bonds. The van der Waals surface area contributed by atoms with Gasteiger partial charge in [0.15, 0.2) is 5.13 Å². The summed E-state index contributed by atoms with van der Waals surface area (Å²) in [5.74, 6) is -0.203. The van der Waals surface area contributed by atoms with Crippen molar-refractivity contribution in [3.05, 3.63) is 34.7 Å². The van der Waals surface area contributed by atoms with Gasteiger partial charge < -0.3 is 5.32 Å². The van der Waals surface area contributed by atoms with E-state index in [4.69, 9.17) is 0 Å². The van der Waals surface area contributed by atoms with E-state index >= 15 is 0 Å². The first-order valence-electron chi connectivity index (χ1n) is 8.30. The van der Waals surface area contributed by atoms with Crippen LogP contribution in [0.2, 0.25) is 0 Å². The van der Waals surface area contributed by atoms with Crippen LogP contribution < -0.4 is 5.32 Å². The third kappa shape index (κ3) is 3.20. The van der Waals surface area contributed by atoms with Crippen LogP contribution >= 0.6 is 11.3 Å². The van der Waals surface area contributed by atoms with Crippen LogP contribution in [-0.4, -0.2) is 10.9 Å². The Kier molecular flexibility index (Phi) is 4.68. The minimum atomic E-state index is -0.885. The summed E-state index contributed by atoms with van der Waals surface area (Å²) in [5, 5.41) is 14.9. The largest absolute Gasteiger partial charge is 0.301 e. The van der Waals surface area contributed by atoms with Crippen molar-refractivity contribution in [2.75, 3.05) is 5.32 Å². The first kappa shape index (κ1) is 16.7. The Morgan fingerprint density at radius 1 is 1.29 bits per heavy atom. The Bertz CT molecular complexity index is 797. The summed E-state index contributed by atoms with van der Waals surface area (Å²) in [4.78, 5) is 17.2. The Hall–Kier alpha value is -2.19. The smallest absolute Gasteiger partial charge is 0.246 e. The van der Waals surface area contributed by atoms with Gasteiger partial charge in [0.25, 0.3) is 0 Å². The topological polar surface area (TPSA) is 65.8 Å². The van der Waals surface area contributed by atoms with Crippen LogP contribution in [0.4, 0.5) is 5.13 Å². The summed E-state index contributed by atoms with van der Waals surface area (Å²) in [7, 11) is 0.